The van der Waals surface area contributed by atoms with Crippen molar-refractivity contribution in [3.63, 3.8) is 0 Å². The Morgan fingerprint density at radius 3 is 2.77 bits per heavy atom. The maximum absolute atomic E-state index is 4.17. The summed E-state index contributed by atoms with van der Waals surface area (Å²) in [5.74, 6) is 0. The molecule has 0 aliphatic heterocycles. The van der Waals surface area contributed by atoms with Gasteiger partial charge in [0.05, 0.1) is 0 Å². The molecule has 0 amide bonds. The van der Waals surface area contributed by atoms with Crippen LogP contribution in [0.25, 0.3) is 0 Å². The second-order valence-corrected chi connectivity index (χ2v) is 4.73. The number of aryl methyl sites for hydroxylation is 1. The monoisotopic (exact) mass is 244 g/mol. The lowest BCUT2D eigenvalue weighted by Gasteiger charge is -2.20. The molecule has 0 radical (unpaired) electrons. The number of hydrogen-bond acceptors (Lipinski definition) is 1. The average molecular weight is 245 g/mol. The Morgan fingerprint density at radius 2 is 2.23 bits per heavy atom. The lowest BCUT2D eigenvalue weighted by atomic mass is 9.90. The Hall–Kier alpha value is -0.310. The van der Waals surface area contributed by atoms with Gasteiger partial charge in [0.15, 0.2) is 0 Å². The van der Waals surface area contributed by atoms with Gasteiger partial charge in [-0.25, -0.2) is 0 Å². The SMILES string of the molecule is CC(C)(CBr)CCCn1cccn1. The second-order valence-electron chi connectivity index (χ2n) is 4.17. The van der Waals surface area contributed by atoms with Crippen molar-refractivity contribution in [3.8, 4) is 0 Å². The van der Waals surface area contributed by atoms with Crippen molar-refractivity contribution < 1.29 is 0 Å². The van der Waals surface area contributed by atoms with Crippen LogP contribution in [0, 0.1) is 5.41 Å². The van der Waals surface area contributed by atoms with Gasteiger partial charge in [0, 0.05) is 24.3 Å². The van der Waals surface area contributed by atoms with Gasteiger partial charge in [-0.15, -0.1) is 0 Å². The summed E-state index contributed by atoms with van der Waals surface area (Å²) in [6.45, 7) is 5.60. The number of hydrogen-bond donors (Lipinski definition) is 0. The van der Waals surface area contributed by atoms with Crippen molar-refractivity contribution in [1.29, 1.82) is 0 Å². The summed E-state index contributed by atoms with van der Waals surface area (Å²) in [7, 11) is 0. The lowest BCUT2D eigenvalue weighted by molar-refractivity contribution is 0.359. The maximum Gasteiger partial charge on any atom is 0.0489 e. The first-order valence-electron chi connectivity index (χ1n) is 4.67. The van der Waals surface area contributed by atoms with Crippen LogP contribution >= 0.6 is 15.9 Å². The fourth-order valence-electron chi connectivity index (χ4n) is 1.22. The van der Waals surface area contributed by atoms with E-state index in [4.69, 9.17) is 0 Å². The first-order chi connectivity index (χ1) is 6.14. The summed E-state index contributed by atoms with van der Waals surface area (Å²) in [5.41, 5.74) is 0.410. The van der Waals surface area contributed by atoms with Gasteiger partial charge in [0.2, 0.25) is 0 Å². The third kappa shape index (κ3) is 3.94. The first-order valence-corrected chi connectivity index (χ1v) is 5.80. The van der Waals surface area contributed by atoms with Crippen LogP contribution in [-0.4, -0.2) is 15.1 Å². The largest absolute Gasteiger partial charge is 0.273 e. The van der Waals surface area contributed by atoms with E-state index in [0.717, 1.165) is 11.9 Å². The van der Waals surface area contributed by atoms with Crippen molar-refractivity contribution in [1.82, 2.24) is 9.78 Å². The second kappa shape index (κ2) is 4.80. The molecule has 0 aliphatic rings. The lowest BCUT2D eigenvalue weighted by Crippen LogP contribution is -2.14. The van der Waals surface area contributed by atoms with Crippen molar-refractivity contribution in [2.45, 2.75) is 33.2 Å². The summed E-state index contributed by atoms with van der Waals surface area (Å²) in [5, 5.41) is 5.24. The van der Waals surface area contributed by atoms with E-state index in [-0.39, 0.29) is 0 Å². The minimum absolute atomic E-state index is 0.410. The van der Waals surface area contributed by atoms with Crippen LogP contribution in [0.2, 0.25) is 0 Å². The molecule has 0 aromatic carbocycles. The summed E-state index contributed by atoms with van der Waals surface area (Å²) in [6.07, 6.45) is 6.27. The fourth-order valence-corrected chi connectivity index (χ4v) is 1.50. The Balaban J connectivity index is 2.21. The quantitative estimate of drug-likeness (QED) is 0.729. The number of alkyl halides is 1. The molecule has 0 bridgehead atoms. The zero-order valence-corrected chi connectivity index (χ0v) is 9.92. The van der Waals surface area contributed by atoms with Crippen molar-refractivity contribution in [2.24, 2.45) is 5.41 Å². The van der Waals surface area contributed by atoms with E-state index in [9.17, 15) is 0 Å². The molecule has 1 aromatic heterocycles. The van der Waals surface area contributed by atoms with E-state index in [1.807, 2.05) is 23.1 Å². The van der Waals surface area contributed by atoms with Gasteiger partial charge in [0.25, 0.3) is 0 Å². The molecule has 2 nitrogen and oxygen atoms in total. The highest BCUT2D eigenvalue weighted by molar-refractivity contribution is 9.09. The Bertz CT molecular complexity index is 229. The van der Waals surface area contributed by atoms with Gasteiger partial charge >= 0.3 is 0 Å². The molecule has 13 heavy (non-hydrogen) atoms. The molecule has 74 valence electrons. The molecule has 0 saturated carbocycles. The van der Waals surface area contributed by atoms with Crippen LogP contribution in [0.1, 0.15) is 26.7 Å². The van der Waals surface area contributed by atoms with E-state index >= 15 is 0 Å². The van der Waals surface area contributed by atoms with Gasteiger partial charge in [0.1, 0.15) is 0 Å². The molecule has 1 aromatic rings. The Kier molecular flexibility index (Phi) is 3.97. The van der Waals surface area contributed by atoms with Gasteiger partial charge < -0.3 is 0 Å². The van der Waals surface area contributed by atoms with E-state index in [2.05, 4.69) is 34.9 Å². The van der Waals surface area contributed by atoms with E-state index in [0.29, 0.717) is 5.41 Å². The van der Waals surface area contributed by atoms with E-state index < -0.39 is 0 Å². The van der Waals surface area contributed by atoms with E-state index in [1.54, 1.807) is 0 Å². The summed E-state index contributed by atoms with van der Waals surface area (Å²) in [6, 6.07) is 1.97. The molecular formula is C10H17BrN2. The highest BCUT2D eigenvalue weighted by atomic mass is 79.9. The predicted molar refractivity (Wildman–Crippen MR) is 59.0 cm³/mol. The van der Waals surface area contributed by atoms with E-state index in [1.165, 1.54) is 12.8 Å². The minimum atomic E-state index is 0.410. The molecule has 0 spiro atoms. The summed E-state index contributed by atoms with van der Waals surface area (Å²) >= 11 is 3.53. The number of rotatable bonds is 5. The van der Waals surface area contributed by atoms with Crippen molar-refractivity contribution in [2.75, 3.05) is 5.33 Å². The normalized spacial score (nSPS) is 11.9. The number of nitrogens with zero attached hydrogens (tertiary/aromatic N) is 2. The molecule has 0 atom stereocenters. The molecule has 0 saturated heterocycles. The van der Waals surface area contributed by atoms with Crippen LogP contribution in [0.4, 0.5) is 0 Å². The molecule has 0 aliphatic carbocycles. The third-order valence-electron chi connectivity index (χ3n) is 2.16. The van der Waals surface area contributed by atoms with Gasteiger partial charge in [-0.05, 0) is 24.3 Å². The molecule has 1 rings (SSSR count). The van der Waals surface area contributed by atoms with Crippen LogP contribution in [0.3, 0.4) is 0 Å². The zero-order chi connectivity index (χ0) is 9.73. The third-order valence-corrected chi connectivity index (χ3v) is 3.68. The maximum atomic E-state index is 4.17. The Labute approximate surface area is 88.5 Å². The molecule has 0 unspecified atom stereocenters. The van der Waals surface area contributed by atoms with Crippen molar-refractivity contribution >= 4 is 15.9 Å². The highest BCUT2D eigenvalue weighted by Crippen LogP contribution is 2.24. The predicted octanol–water partition coefficient (Wildman–Crippen LogP) is 3.08. The Morgan fingerprint density at radius 1 is 1.46 bits per heavy atom. The van der Waals surface area contributed by atoms with Gasteiger partial charge in [-0.1, -0.05) is 29.8 Å². The number of aromatic nitrogens is 2. The standard InChI is InChI=1S/C10H17BrN2/c1-10(2,9-11)5-3-7-13-8-4-6-12-13/h4,6,8H,3,5,7,9H2,1-2H3. The fraction of sp³-hybridized carbons (Fsp3) is 0.700. The van der Waals surface area contributed by atoms with Gasteiger partial charge in [-0.3, -0.25) is 4.68 Å². The first kappa shape index (κ1) is 10.8. The number of halogens is 1. The molecule has 0 N–H and O–H groups in total. The van der Waals surface area contributed by atoms with Crippen LogP contribution in [-0.2, 0) is 6.54 Å². The average Bonchev–Trinajstić information content (AvgIpc) is 2.57. The topological polar surface area (TPSA) is 17.8 Å². The minimum Gasteiger partial charge on any atom is -0.273 e. The van der Waals surface area contributed by atoms with Crippen LogP contribution in [0.15, 0.2) is 18.5 Å². The summed E-state index contributed by atoms with van der Waals surface area (Å²) < 4.78 is 1.99. The molecule has 3 heteroatoms. The molecule has 1 heterocycles. The zero-order valence-electron chi connectivity index (χ0n) is 8.33. The van der Waals surface area contributed by atoms with Crippen molar-refractivity contribution in [3.05, 3.63) is 18.5 Å². The summed E-state index contributed by atoms with van der Waals surface area (Å²) in [4.78, 5) is 0. The van der Waals surface area contributed by atoms with Gasteiger partial charge in [-0.2, -0.15) is 5.10 Å². The van der Waals surface area contributed by atoms with Crippen LogP contribution < -0.4 is 0 Å². The molecular weight excluding hydrogens is 228 g/mol. The van der Waals surface area contributed by atoms with Crippen LogP contribution in [0.5, 0.6) is 0 Å². The smallest absolute Gasteiger partial charge is 0.0489 e. The molecule has 0 fully saturated rings. The highest BCUT2D eigenvalue weighted by Gasteiger charge is 2.14.